The third kappa shape index (κ3) is 5.24. The second-order valence-electron chi connectivity index (χ2n) is 7.19. The molecule has 1 atom stereocenters. The van der Waals surface area contributed by atoms with Crippen LogP contribution in [0.1, 0.15) is 26.2 Å². The summed E-state index contributed by atoms with van der Waals surface area (Å²) in [6, 6.07) is 10.8. The number of anilines is 2. The van der Waals surface area contributed by atoms with E-state index in [-0.39, 0.29) is 10.8 Å². The van der Waals surface area contributed by atoms with E-state index in [4.69, 9.17) is 16.3 Å². The number of benzene rings is 2. The average Bonchev–Trinajstić information content (AvgIpc) is 2.75. The number of sulfonamides is 1. The maximum atomic E-state index is 12.7. The number of hydrogen-bond donors (Lipinski definition) is 2. The molecule has 0 aliphatic carbocycles. The molecule has 1 fully saturated rings. The predicted octanol–water partition coefficient (Wildman–Crippen LogP) is 3.96. The van der Waals surface area contributed by atoms with Gasteiger partial charge in [0.25, 0.3) is 0 Å². The lowest BCUT2D eigenvalue weighted by molar-refractivity contribution is -0.116. The average molecular weight is 452 g/mol. The molecule has 1 aliphatic heterocycles. The molecule has 3 rings (SSSR count). The molecular weight excluding hydrogens is 426 g/mol. The first-order chi connectivity index (χ1) is 14.3. The van der Waals surface area contributed by atoms with E-state index in [1.807, 2.05) is 0 Å². The Kier molecular flexibility index (Phi) is 7.23. The Bertz CT molecular complexity index is 990. The molecule has 9 heteroatoms. The number of carbonyl (C=O) groups is 1. The summed E-state index contributed by atoms with van der Waals surface area (Å²) in [7, 11) is -1.95. The van der Waals surface area contributed by atoms with Gasteiger partial charge in [0.05, 0.1) is 17.7 Å². The van der Waals surface area contributed by atoms with Crippen LogP contribution in [0.4, 0.5) is 11.4 Å². The Balaban J connectivity index is 1.65. The van der Waals surface area contributed by atoms with Crippen molar-refractivity contribution in [1.29, 1.82) is 0 Å². The number of piperidine rings is 1. The summed E-state index contributed by atoms with van der Waals surface area (Å²) < 4.78 is 32.3. The monoisotopic (exact) mass is 451 g/mol. The molecule has 1 aliphatic rings. The van der Waals surface area contributed by atoms with Crippen LogP contribution in [0.3, 0.4) is 0 Å². The third-order valence-electron chi connectivity index (χ3n) is 5.00. The van der Waals surface area contributed by atoms with Crippen molar-refractivity contribution in [2.24, 2.45) is 0 Å². The highest BCUT2D eigenvalue weighted by molar-refractivity contribution is 7.89. The van der Waals surface area contributed by atoms with E-state index in [9.17, 15) is 13.2 Å². The molecule has 2 aromatic rings. The maximum absolute atomic E-state index is 12.7. The van der Waals surface area contributed by atoms with Crippen LogP contribution in [0.25, 0.3) is 0 Å². The molecule has 0 bridgehead atoms. The molecule has 7 nitrogen and oxygen atoms in total. The van der Waals surface area contributed by atoms with Crippen LogP contribution in [0.5, 0.6) is 5.75 Å². The lowest BCUT2D eigenvalue weighted by Gasteiger charge is -2.25. The zero-order chi connectivity index (χ0) is 21.7. The third-order valence-corrected chi connectivity index (χ3v) is 7.15. The fourth-order valence-corrected chi connectivity index (χ4v) is 5.00. The van der Waals surface area contributed by atoms with Crippen LogP contribution < -0.4 is 15.4 Å². The van der Waals surface area contributed by atoms with Gasteiger partial charge >= 0.3 is 0 Å². The zero-order valence-electron chi connectivity index (χ0n) is 17.0. The SMILES string of the molecule is COc1ccc(Cl)cc1N[C@H](C)C(=O)Nc1ccc(S(=O)(=O)N2CCCCC2)cc1. The van der Waals surface area contributed by atoms with Crippen molar-refractivity contribution in [3.05, 3.63) is 47.5 Å². The second-order valence-corrected chi connectivity index (χ2v) is 9.56. The van der Waals surface area contributed by atoms with E-state index in [2.05, 4.69) is 10.6 Å². The number of nitrogens with one attached hydrogen (secondary N) is 2. The highest BCUT2D eigenvalue weighted by Crippen LogP contribution is 2.28. The largest absolute Gasteiger partial charge is 0.495 e. The van der Waals surface area contributed by atoms with Crippen molar-refractivity contribution in [3.63, 3.8) is 0 Å². The number of nitrogens with zero attached hydrogens (tertiary/aromatic N) is 1. The molecule has 0 saturated carbocycles. The van der Waals surface area contributed by atoms with Gasteiger partial charge in [-0.1, -0.05) is 18.0 Å². The summed E-state index contributed by atoms with van der Waals surface area (Å²) in [5, 5.41) is 6.39. The van der Waals surface area contributed by atoms with Gasteiger partial charge in [0.1, 0.15) is 11.8 Å². The van der Waals surface area contributed by atoms with Crippen molar-refractivity contribution in [2.45, 2.75) is 37.1 Å². The summed E-state index contributed by atoms with van der Waals surface area (Å²) in [4.78, 5) is 12.8. The molecule has 1 amide bonds. The highest BCUT2D eigenvalue weighted by atomic mass is 35.5. The summed E-state index contributed by atoms with van der Waals surface area (Å²) in [5.74, 6) is 0.301. The molecule has 0 spiro atoms. The van der Waals surface area contributed by atoms with Crippen molar-refractivity contribution < 1.29 is 17.9 Å². The Morgan fingerprint density at radius 3 is 2.40 bits per heavy atom. The first-order valence-electron chi connectivity index (χ1n) is 9.82. The minimum absolute atomic E-state index is 0.234. The lowest BCUT2D eigenvalue weighted by Crippen LogP contribution is -2.35. The zero-order valence-corrected chi connectivity index (χ0v) is 18.6. The first-order valence-corrected chi connectivity index (χ1v) is 11.6. The van der Waals surface area contributed by atoms with E-state index in [0.717, 1.165) is 19.3 Å². The van der Waals surface area contributed by atoms with Gasteiger partial charge in [0.2, 0.25) is 15.9 Å². The lowest BCUT2D eigenvalue weighted by atomic mass is 10.2. The van der Waals surface area contributed by atoms with Gasteiger partial charge in [-0.15, -0.1) is 0 Å². The van der Waals surface area contributed by atoms with Crippen LogP contribution in [0.2, 0.25) is 5.02 Å². The van der Waals surface area contributed by atoms with Crippen LogP contribution in [0.15, 0.2) is 47.4 Å². The standard InChI is InChI=1S/C21H26ClN3O4S/c1-15(23-19-14-16(22)6-11-20(19)29-2)21(26)24-17-7-9-18(10-8-17)30(27,28)25-12-4-3-5-13-25/h6-11,14-15,23H,3-5,12-13H2,1-2H3,(H,24,26)/t15-/m1/s1. The number of hydrogen-bond acceptors (Lipinski definition) is 5. The van der Waals surface area contributed by atoms with E-state index in [0.29, 0.717) is 35.2 Å². The van der Waals surface area contributed by atoms with Crippen molar-refractivity contribution in [2.75, 3.05) is 30.8 Å². The fourth-order valence-electron chi connectivity index (χ4n) is 3.31. The Morgan fingerprint density at radius 2 is 1.77 bits per heavy atom. The van der Waals surface area contributed by atoms with Gasteiger partial charge < -0.3 is 15.4 Å². The molecule has 162 valence electrons. The molecule has 0 radical (unpaired) electrons. The van der Waals surface area contributed by atoms with Gasteiger partial charge in [-0.2, -0.15) is 4.31 Å². The van der Waals surface area contributed by atoms with E-state index in [1.54, 1.807) is 44.4 Å². The number of carbonyl (C=O) groups excluding carboxylic acids is 1. The number of halogens is 1. The van der Waals surface area contributed by atoms with Crippen molar-refractivity contribution in [3.8, 4) is 5.75 Å². The Morgan fingerprint density at radius 1 is 1.10 bits per heavy atom. The van der Waals surface area contributed by atoms with Gasteiger partial charge in [0, 0.05) is 23.8 Å². The van der Waals surface area contributed by atoms with Crippen LogP contribution >= 0.6 is 11.6 Å². The van der Waals surface area contributed by atoms with Crippen LogP contribution in [-0.2, 0) is 14.8 Å². The quantitative estimate of drug-likeness (QED) is 0.665. The van der Waals surface area contributed by atoms with Gasteiger partial charge in [0.15, 0.2) is 0 Å². The fraction of sp³-hybridized carbons (Fsp3) is 0.381. The van der Waals surface area contributed by atoms with Gasteiger partial charge in [-0.05, 0) is 62.2 Å². The second kappa shape index (κ2) is 9.68. The van der Waals surface area contributed by atoms with E-state index >= 15 is 0 Å². The smallest absolute Gasteiger partial charge is 0.246 e. The van der Waals surface area contributed by atoms with Crippen LogP contribution in [-0.4, -0.2) is 44.9 Å². The topological polar surface area (TPSA) is 87.7 Å². The van der Waals surface area contributed by atoms with Crippen LogP contribution in [0, 0.1) is 0 Å². The maximum Gasteiger partial charge on any atom is 0.246 e. The minimum Gasteiger partial charge on any atom is -0.495 e. The summed E-state index contributed by atoms with van der Waals surface area (Å²) in [5.41, 5.74) is 1.12. The van der Waals surface area contributed by atoms with E-state index < -0.39 is 16.1 Å². The first kappa shape index (κ1) is 22.4. The van der Waals surface area contributed by atoms with E-state index in [1.165, 1.54) is 16.4 Å². The van der Waals surface area contributed by atoms with Crippen molar-refractivity contribution in [1.82, 2.24) is 4.31 Å². The minimum atomic E-state index is -3.49. The summed E-state index contributed by atoms with van der Waals surface area (Å²) >= 11 is 6.03. The van der Waals surface area contributed by atoms with Crippen molar-refractivity contribution >= 4 is 38.9 Å². The number of methoxy groups -OCH3 is 1. The normalized spacial score (nSPS) is 16.0. The molecule has 1 saturated heterocycles. The highest BCUT2D eigenvalue weighted by Gasteiger charge is 2.25. The summed E-state index contributed by atoms with van der Waals surface area (Å²) in [6.07, 6.45) is 2.83. The molecule has 2 N–H and O–H groups in total. The number of amides is 1. The van der Waals surface area contributed by atoms with Gasteiger partial charge in [-0.3, -0.25) is 4.79 Å². The molecule has 1 heterocycles. The van der Waals surface area contributed by atoms with Gasteiger partial charge in [-0.25, -0.2) is 8.42 Å². The molecule has 0 aromatic heterocycles. The number of rotatable bonds is 7. The molecule has 30 heavy (non-hydrogen) atoms. The molecular formula is C21H26ClN3O4S. The molecule has 0 unspecified atom stereocenters. The predicted molar refractivity (Wildman–Crippen MR) is 119 cm³/mol. The Hall–Kier alpha value is -2.29. The summed E-state index contributed by atoms with van der Waals surface area (Å²) in [6.45, 7) is 2.82. The number of ether oxygens (including phenoxy) is 1. The Labute approximate surface area is 182 Å². The molecule has 2 aromatic carbocycles.